The Kier molecular flexibility index (Phi) is 4.01. The second kappa shape index (κ2) is 5.41. The number of aromatic hydroxyl groups is 1. The van der Waals surface area contributed by atoms with Crippen LogP contribution in [0.25, 0.3) is 0 Å². The number of benzene rings is 1. The first-order valence-corrected chi connectivity index (χ1v) is 7.71. The van der Waals surface area contributed by atoms with Gasteiger partial charge in [-0.15, -0.1) is 0 Å². The van der Waals surface area contributed by atoms with Gasteiger partial charge in [-0.3, -0.25) is 4.79 Å². The summed E-state index contributed by atoms with van der Waals surface area (Å²) in [7, 11) is -2.68. The van der Waals surface area contributed by atoms with Crippen molar-refractivity contribution in [3.63, 3.8) is 0 Å². The monoisotopic (exact) mass is 299 g/mol. The van der Waals surface area contributed by atoms with Gasteiger partial charge in [0.25, 0.3) is 0 Å². The van der Waals surface area contributed by atoms with Crippen LogP contribution in [0.4, 0.5) is 0 Å². The van der Waals surface area contributed by atoms with Gasteiger partial charge in [0, 0.05) is 6.54 Å². The van der Waals surface area contributed by atoms with Gasteiger partial charge in [-0.1, -0.05) is 6.07 Å². The van der Waals surface area contributed by atoms with Crippen LogP contribution in [-0.4, -0.2) is 43.5 Å². The molecule has 0 spiro atoms. The number of nitrogens with zero attached hydrogens (tertiary/aromatic N) is 1. The van der Waals surface area contributed by atoms with E-state index in [4.69, 9.17) is 0 Å². The number of esters is 1. The minimum Gasteiger partial charge on any atom is -0.507 e. The van der Waals surface area contributed by atoms with Crippen molar-refractivity contribution in [1.82, 2.24) is 4.31 Å². The number of rotatable bonds is 3. The van der Waals surface area contributed by atoms with Gasteiger partial charge in [-0.05, 0) is 37.5 Å². The second-order valence-corrected chi connectivity index (χ2v) is 6.63. The molecule has 0 amide bonds. The number of phenolic OH excluding ortho intramolecular Hbond substituents is 1. The quantitative estimate of drug-likeness (QED) is 0.843. The molecule has 0 saturated carbocycles. The molecule has 1 aromatic carbocycles. The number of ether oxygens (including phenoxy) is 1. The van der Waals surface area contributed by atoms with Crippen molar-refractivity contribution in [2.24, 2.45) is 0 Å². The summed E-state index contributed by atoms with van der Waals surface area (Å²) in [6.07, 6.45) is 1.02. The average Bonchev–Trinajstić information content (AvgIpc) is 2.87. The summed E-state index contributed by atoms with van der Waals surface area (Å²) in [6.45, 7) is 2.00. The molecule has 2 rings (SSSR count). The van der Waals surface area contributed by atoms with E-state index in [1.54, 1.807) is 13.0 Å². The van der Waals surface area contributed by atoms with Crippen molar-refractivity contribution in [3.8, 4) is 5.75 Å². The van der Waals surface area contributed by atoms with Crippen LogP contribution >= 0.6 is 0 Å². The first-order chi connectivity index (χ1) is 9.37. The molecule has 1 aromatic rings. The standard InChI is InChI=1S/C13H17NO5S/c1-9-5-6-12(11(15)8-9)20(17,18)14-7-3-4-10(14)13(16)19-2/h5-6,8,10,15H,3-4,7H2,1-2H3/t10-/m0/s1. The molecule has 20 heavy (non-hydrogen) atoms. The highest BCUT2D eigenvalue weighted by Crippen LogP contribution is 2.31. The predicted molar refractivity (Wildman–Crippen MR) is 71.8 cm³/mol. The highest BCUT2D eigenvalue weighted by molar-refractivity contribution is 7.89. The lowest BCUT2D eigenvalue weighted by Gasteiger charge is -2.22. The van der Waals surface area contributed by atoms with Crippen LogP contribution in [0.1, 0.15) is 18.4 Å². The van der Waals surface area contributed by atoms with Gasteiger partial charge in [0.15, 0.2) is 0 Å². The number of carbonyl (C=O) groups is 1. The number of methoxy groups -OCH3 is 1. The third-order valence-electron chi connectivity index (χ3n) is 3.38. The number of carbonyl (C=O) groups excluding carboxylic acids is 1. The Labute approximate surface area is 118 Å². The molecule has 1 aliphatic heterocycles. The fourth-order valence-electron chi connectivity index (χ4n) is 2.37. The van der Waals surface area contributed by atoms with Gasteiger partial charge in [0.2, 0.25) is 10.0 Å². The van der Waals surface area contributed by atoms with Crippen LogP contribution in [0.2, 0.25) is 0 Å². The van der Waals surface area contributed by atoms with Crippen LogP contribution in [0.15, 0.2) is 23.1 Å². The van der Waals surface area contributed by atoms with E-state index in [0.717, 1.165) is 9.87 Å². The molecule has 1 atom stereocenters. The molecule has 1 heterocycles. The van der Waals surface area contributed by atoms with Crippen LogP contribution < -0.4 is 0 Å². The van der Waals surface area contributed by atoms with Crippen LogP contribution in [0.3, 0.4) is 0 Å². The minimum atomic E-state index is -3.91. The number of aryl methyl sites for hydroxylation is 1. The van der Waals surface area contributed by atoms with E-state index in [1.807, 2.05) is 0 Å². The van der Waals surface area contributed by atoms with E-state index >= 15 is 0 Å². The zero-order chi connectivity index (χ0) is 14.9. The number of sulfonamides is 1. The molecule has 1 aliphatic rings. The summed E-state index contributed by atoms with van der Waals surface area (Å²) >= 11 is 0. The van der Waals surface area contributed by atoms with Crippen LogP contribution in [0.5, 0.6) is 5.75 Å². The van der Waals surface area contributed by atoms with Gasteiger partial charge in [-0.25, -0.2) is 8.42 Å². The lowest BCUT2D eigenvalue weighted by molar-refractivity contribution is -0.144. The summed E-state index contributed by atoms with van der Waals surface area (Å²) in [5.74, 6) is -0.877. The van der Waals surface area contributed by atoms with Gasteiger partial charge >= 0.3 is 5.97 Å². The van der Waals surface area contributed by atoms with Crippen molar-refractivity contribution in [1.29, 1.82) is 0 Å². The Balaban J connectivity index is 2.41. The Morgan fingerprint density at radius 2 is 2.15 bits per heavy atom. The second-order valence-electron chi connectivity index (χ2n) is 4.77. The van der Waals surface area contributed by atoms with E-state index < -0.39 is 22.0 Å². The highest BCUT2D eigenvalue weighted by atomic mass is 32.2. The average molecular weight is 299 g/mol. The fourth-order valence-corrected chi connectivity index (χ4v) is 4.08. The molecule has 0 aliphatic carbocycles. The topological polar surface area (TPSA) is 83.9 Å². The van der Waals surface area contributed by atoms with Gasteiger partial charge in [0.05, 0.1) is 7.11 Å². The molecule has 0 bridgehead atoms. The lowest BCUT2D eigenvalue weighted by Crippen LogP contribution is -2.41. The molecule has 1 N–H and O–H groups in total. The van der Waals surface area contributed by atoms with E-state index in [9.17, 15) is 18.3 Å². The SMILES string of the molecule is COC(=O)[C@@H]1CCCN1S(=O)(=O)c1ccc(C)cc1O. The molecule has 6 nitrogen and oxygen atoms in total. The Bertz CT molecular complexity index is 626. The molecule has 1 saturated heterocycles. The first-order valence-electron chi connectivity index (χ1n) is 6.27. The predicted octanol–water partition coefficient (Wildman–Crippen LogP) is 1.03. The fraction of sp³-hybridized carbons (Fsp3) is 0.462. The molecule has 0 aromatic heterocycles. The van der Waals surface area contributed by atoms with Crippen molar-refractivity contribution in [2.75, 3.05) is 13.7 Å². The smallest absolute Gasteiger partial charge is 0.324 e. The van der Waals surface area contributed by atoms with Crippen molar-refractivity contribution in [2.45, 2.75) is 30.7 Å². The maximum atomic E-state index is 12.6. The number of phenols is 1. The maximum absolute atomic E-state index is 12.6. The van der Waals surface area contributed by atoms with E-state index in [-0.39, 0.29) is 17.2 Å². The molecule has 0 radical (unpaired) electrons. The van der Waals surface area contributed by atoms with Crippen molar-refractivity contribution >= 4 is 16.0 Å². The third-order valence-corrected chi connectivity index (χ3v) is 5.33. The largest absolute Gasteiger partial charge is 0.507 e. The van der Waals surface area contributed by atoms with E-state index in [0.29, 0.717) is 12.8 Å². The number of hydrogen-bond donors (Lipinski definition) is 1. The molecule has 1 fully saturated rings. The van der Waals surface area contributed by atoms with Gasteiger partial charge < -0.3 is 9.84 Å². The van der Waals surface area contributed by atoms with Crippen molar-refractivity contribution < 1.29 is 23.1 Å². The minimum absolute atomic E-state index is 0.182. The van der Waals surface area contributed by atoms with E-state index in [1.165, 1.54) is 19.2 Å². The van der Waals surface area contributed by atoms with Crippen LogP contribution in [-0.2, 0) is 19.6 Å². The Morgan fingerprint density at radius 1 is 1.45 bits per heavy atom. The molecule has 7 heteroatoms. The van der Waals surface area contributed by atoms with Crippen molar-refractivity contribution in [3.05, 3.63) is 23.8 Å². The lowest BCUT2D eigenvalue weighted by atomic mass is 10.2. The first kappa shape index (κ1) is 14.8. The van der Waals surface area contributed by atoms with Gasteiger partial charge in [0.1, 0.15) is 16.7 Å². The summed E-state index contributed by atoms with van der Waals surface area (Å²) in [5, 5.41) is 9.85. The summed E-state index contributed by atoms with van der Waals surface area (Å²) in [4.78, 5) is 11.5. The Hall–Kier alpha value is -1.60. The molecular weight excluding hydrogens is 282 g/mol. The molecule has 110 valence electrons. The van der Waals surface area contributed by atoms with Gasteiger partial charge in [-0.2, -0.15) is 4.31 Å². The van der Waals surface area contributed by atoms with E-state index in [2.05, 4.69) is 4.74 Å². The summed E-state index contributed by atoms with van der Waals surface area (Å²) in [5.41, 5.74) is 0.757. The summed E-state index contributed by atoms with van der Waals surface area (Å²) in [6, 6.07) is 3.53. The summed E-state index contributed by atoms with van der Waals surface area (Å²) < 4.78 is 30.8. The zero-order valence-corrected chi connectivity index (χ0v) is 12.2. The maximum Gasteiger partial charge on any atom is 0.324 e. The highest BCUT2D eigenvalue weighted by Gasteiger charge is 2.41. The number of hydrogen-bond acceptors (Lipinski definition) is 5. The van der Waals surface area contributed by atoms with Crippen LogP contribution in [0, 0.1) is 6.92 Å². The molecular formula is C13H17NO5S. The Morgan fingerprint density at radius 3 is 2.75 bits per heavy atom. The zero-order valence-electron chi connectivity index (χ0n) is 11.4. The third kappa shape index (κ3) is 2.51. The normalized spacial score (nSPS) is 20.0. The molecule has 0 unspecified atom stereocenters.